The summed E-state index contributed by atoms with van der Waals surface area (Å²) in [6.07, 6.45) is 0.0108. The highest BCUT2D eigenvalue weighted by atomic mass is 16.6. The number of rotatable bonds is 7. The maximum atomic E-state index is 13.1. The quantitative estimate of drug-likeness (QED) is 0.580. The van der Waals surface area contributed by atoms with Crippen LogP contribution in [-0.4, -0.2) is 39.3 Å². The van der Waals surface area contributed by atoms with Crippen molar-refractivity contribution in [3.05, 3.63) is 46.5 Å². The summed E-state index contributed by atoms with van der Waals surface area (Å²) in [5.74, 6) is -1.13. The largest absolute Gasteiger partial charge is 0.460 e. The van der Waals surface area contributed by atoms with Gasteiger partial charge < -0.3 is 21.1 Å². The molecule has 2 amide bonds. The normalized spacial score (nSPS) is 14.0. The minimum Gasteiger partial charge on any atom is -0.460 e. The van der Waals surface area contributed by atoms with Crippen LogP contribution in [0.1, 0.15) is 80.4 Å². The number of aromatic nitrogens is 1. The van der Waals surface area contributed by atoms with E-state index in [1.165, 1.54) is 4.90 Å². The molecule has 1 aliphatic heterocycles. The molecule has 1 aliphatic rings. The standard InChI is InChI=1S/C26H31N5O4/c1-14(2)18-11-21(28)30-23(19(18)12-27)15-6-7-17-16(10-15)13-31(25(17)34)20(24(29)33)8-9-22(32)35-26(3,4)5/h6-7,10-11,14,20H,8-9,13H2,1-5H3,(H2,28,30)(H2,29,33). The lowest BCUT2D eigenvalue weighted by molar-refractivity contribution is -0.155. The fraction of sp³-hybridized carbons (Fsp3) is 0.423. The van der Waals surface area contributed by atoms with Gasteiger partial charge in [-0.05, 0) is 62.4 Å². The van der Waals surface area contributed by atoms with Gasteiger partial charge in [-0.15, -0.1) is 0 Å². The Morgan fingerprint density at radius 3 is 2.51 bits per heavy atom. The van der Waals surface area contributed by atoms with Crippen molar-refractivity contribution in [1.29, 1.82) is 5.26 Å². The van der Waals surface area contributed by atoms with Crippen LogP contribution in [0.2, 0.25) is 0 Å². The molecule has 0 bridgehead atoms. The van der Waals surface area contributed by atoms with Crippen LogP contribution in [0, 0.1) is 11.3 Å². The average molecular weight is 478 g/mol. The monoisotopic (exact) mass is 477 g/mol. The lowest BCUT2D eigenvalue weighted by atomic mass is 9.93. The molecule has 0 saturated carbocycles. The molecule has 1 atom stereocenters. The number of nitrogens with two attached hydrogens (primary N) is 2. The van der Waals surface area contributed by atoms with E-state index in [1.54, 1.807) is 45.0 Å². The van der Waals surface area contributed by atoms with E-state index in [-0.39, 0.29) is 31.2 Å². The zero-order chi connectivity index (χ0) is 26.1. The number of amides is 2. The molecule has 1 unspecified atom stereocenters. The Balaban J connectivity index is 1.90. The predicted molar refractivity (Wildman–Crippen MR) is 131 cm³/mol. The number of esters is 1. The maximum absolute atomic E-state index is 13.1. The van der Waals surface area contributed by atoms with Crippen LogP contribution >= 0.6 is 0 Å². The number of anilines is 1. The SMILES string of the molecule is CC(C)c1cc(N)nc(-c2ccc3c(c2)CN(C(CCC(=O)OC(C)(C)C)C(N)=O)C3=O)c1C#N. The molecule has 0 aliphatic carbocycles. The van der Waals surface area contributed by atoms with Gasteiger partial charge in [0.2, 0.25) is 5.91 Å². The molecule has 184 valence electrons. The fourth-order valence-electron chi connectivity index (χ4n) is 4.21. The van der Waals surface area contributed by atoms with Crippen LogP contribution in [0.25, 0.3) is 11.3 Å². The summed E-state index contributed by atoms with van der Waals surface area (Å²) in [5, 5.41) is 9.80. The summed E-state index contributed by atoms with van der Waals surface area (Å²) in [5.41, 5.74) is 14.4. The first-order valence-corrected chi connectivity index (χ1v) is 11.5. The minimum atomic E-state index is -0.960. The Bertz CT molecular complexity index is 1220. The van der Waals surface area contributed by atoms with Crippen LogP contribution in [0.5, 0.6) is 0 Å². The van der Waals surface area contributed by atoms with Gasteiger partial charge in [0.15, 0.2) is 0 Å². The number of ether oxygens (including phenoxy) is 1. The van der Waals surface area contributed by atoms with Gasteiger partial charge in [0.1, 0.15) is 23.5 Å². The summed E-state index contributed by atoms with van der Waals surface area (Å²) in [6.45, 7) is 9.36. The van der Waals surface area contributed by atoms with Crippen molar-refractivity contribution in [2.24, 2.45) is 5.73 Å². The number of fused-ring (bicyclic) bond motifs is 1. The number of nitrogens with zero attached hydrogens (tertiary/aromatic N) is 3. The van der Waals surface area contributed by atoms with Gasteiger partial charge in [-0.3, -0.25) is 14.4 Å². The molecule has 2 aromatic rings. The van der Waals surface area contributed by atoms with Gasteiger partial charge in [-0.25, -0.2) is 4.98 Å². The predicted octanol–water partition coefficient (Wildman–Crippen LogP) is 3.26. The summed E-state index contributed by atoms with van der Waals surface area (Å²) < 4.78 is 5.30. The van der Waals surface area contributed by atoms with Crippen molar-refractivity contribution in [2.45, 2.75) is 71.6 Å². The third-order valence-electron chi connectivity index (χ3n) is 5.76. The molecule has 35 heavy (non-hydrogen) atoms. The number of hydrogen-bond acceptors (Lipinski definition) is 7. The maximum Gasteiger partial charge on any atom is 0.306 e. The molecule has 0 saturated heterocycles. The molecule has 4 N–H and O–H groups in total. The Morgan fingerprint density at radius 2 is 1.94 bits per heavy atom. The number of pyridine rings is 1. The molecule has 0 radical (unpaired) electrons. The van der Waals surface area contributed by atoms with E-state index in [4.69, 9.17) is 16.2 Å². The summed E-state index contributed by atoms with van der Waals surface area (Å²) in [6, 6.07) is 8.13. The van der Waals surface area contributed by atoms with Crippen molar-refractivity contribution >= 4 is 23.6 Å². The molecular weight excluding hydrogens is 446 g/mol. The molecule has 9 nitrogen and oxygen atoms in total. The lowest BCUT2D eigenvalue weighted by Gasteiger charge is -2.25. The number of nitriles is 1. The second-order valence-corrected chi connectivity index (χ2v) is 9.97. The Kier molecular flexibility index (Phi) is 7.15. The minimum absolute atomic E-state index is 0.0486. The number of carbonyl (C=O) groups excluding carboxylic acids is 3. The van der Waals surface area contributed by atoms with Crippen molar-refractivity contribution in [2.75, 3.05) is 5.73 Å². The average Bonchev–Trinajstić information content (AvgIpc) is 3.07. The Labute approximate surface area is 205 Å². The Hall–Kier alpha value is -3.93. The first kappa shape index (κ1) is 25.7. The first-order chi connectivity index (χ1) is 16.3. The topological polar surface area (TPSA) is 152 Å². The number of primary amides is 1. The van der Waals surface area contributed by atoms with Gasteiger partial charge in [0.05, 0.1) is 11.3 Å². The summed E-state index contributed by atoms with van der Waals surface area (Å²) in [4.78, 5) is 43.2. The lowest BCUT2D eigenvalue weighted by Crippen LogP contribution is -2.45. The third-order valence-corrected chi connectivity index (χ3v) is 5.76. The van der Waals surface area contributed by atoms with E-state index in [0.717, 1.165) is 5.56 Å². The summed E-state index contributed by atoms with van der Waals surface area (Å²) >= 11 is 0. The molecular formula is C26H31N5O4. The van der Waals surface area contributed by atoms with Crippen LogP contribution < -0.4 is 11.5 Å². The Morgan fingerprint density at radius 1 is 1.26 bits per heavy atom. The zero-order valence-electron chi connectivity index (χ0n) is 20.7. The molecule has 0 fully saturated rings. The van der Waals surface area contributed by atoms with Crippen LogP contribution in [0.4, 0.5) is 5.82 Å². The summed E-state index contributed by atoms with van der Waals surface area (Å²) in [7, 11) is 0. The molecule has 2 heterocycles. The van der Waals surface area contributed by atoms with E-state index in [0.29, 0.717) is 33.8 Å². The smallest absolute Gasteiger partial charge is 0.306 e. The van der Waals surface area contributed by atoms with Crippen LogP contribution in [0.15, 0.2) is 24.3 Å². The molecule has 9 heteroatoms. The van der Waals surface area contributed by atoms with Crippen molar-refractivity contribution in [1.82, 2.24) is 9.88 Å². The van der Waals surface area contributed by atoms with Crippen LogP contribution in [0.3, 0.4) is 0 Å². The van der Waals surface area contributed by atoms with Gasteiger partial charge in [-0.1, -0.05) is 19.9 Å². The number of carbonyl (C=O) groups is 3. The molecule has 0 spiro atoms. The van der Waals surface area contributed by atoms with Crippen molar-refractivity contribution in [3.8, 4) is 17.3 Å². The van der Waals surface area contributed by atoms with Gasteiger partial charge in [0, 0.05) is 24.1 Å². The number of hydrogen-bond donors (Lipinski definition) is 2. The highest BCUT2D eigenvalue weighted by molar-refractivity contribution is 6.01. The van der Waals surface area contributed by atoms with E-state index in [9.17, 15) is 19.6 Å². The van der Waals surface area contributed by atoms with Gasteiger partial charge >= 0.3 is 5.97 Å². The van der Waals surface area contributed by atoms with Crippen LogP contribution in [-0.2, 0) is 20.9 Å². The second kappa shape index (κ2) is 9.74. The molecule has 1 aromatic carbocycles. The number of benzene rings is 1. The van der Waals surface area contributed by atoms with Crippen molar-refractivity contribution < 1.29 is 19.1 Å². The third kappa shape index (κ3) is 5.60. The van der Waals surface area contributed by atoms with E-state index >= 15 is 0 Å². The van der Waals surface area contributed by atoms with Gasteiger partial charge in [0.25, 0.3) is 5.91 Å². The van der Waals surface area contributed by atoms with E-state index in [2.05, 4.69) is 11.1 Å². The highest BCUT2D eigenvalue weighted by Gasteiger charge is 2.36. The molecule has 3 rings (SSSR count). The fourth-order valence-corrected chi connectivity index (χ4v) is 4.21. The zero-order valence-corrected chi connectivity index (χ0v) is 20.7. The second-order valence-electron chi connectivity index (χ2n) is 9.97. The number of nitrogen functional groups attached to an aromatic ring is 1. The highest BCUT2D eigenvalue weighted by Crippen LogP contribution is 2.34. The van der Waals surface area contributed by atoms with E-state index in [1.807, 2.05) is 13.8 Å². The molecule has 1 aromatic heterocycles. The van der Waals surface area contributed by atoms with Gasteiger partial charge in [-0.2, -0.15) is 5.26 Å². The first-order valence-electron chi connectivity index (χ1n) is 11.5. The van der Waals surface area contributed by atoms with E-state index < -0.39 is 23.5 Å². The van der Waals surface area contributed by atoms with Crippen molar-refractivity contribution in [3.63, 3.8) is 0 Å².